The van der Waals surface area contributed by atoms with Crippen LogP contribution in [0.4, 0.5) is 5.82 Å². The standard InChI is InChI=1S/C13H23ClN4O2S/c1-9(2)5-4-6-10(3)18-21(19,20)11-7-12(14)13(17-15)16-8-11/h7-10,18H,4-6,15H2,1-3H3,(H,16,17). The third-order valence-electron chi connectivity index (χ3n) is 3.04. The Morgan fingerprint density at radius 1 is 1.33 bits per heavy atom. The lowest BCUT2D eigenvalue weighted by atomic mass is 10.0. The molecule has 4 N–H and O–H groups in total. The summed E-state index contributed by atoms with van der Waals surface area (Å²) in [5.41, 5.74) is 2.29. The van der Waals surface area contributed by atoms with Gasteiger partial charge in [0.05, 0.1) is 5.02 Å². The molecular formula is C13H23ClN4O2S. The first-order valence-electron chi connectivity index (χ1n) is 6.90. The molecule has 1 heterocycles. The lowest BCUT2D eigenvalue weighted by molar-refractivity contribution is 0.488. The predicted octanol–water partition coefficient (Wildman–Crippen LogP) is 2.51. The van der Waals surface area contributed by atoms with Crippen LogP contribution in [0.25, 0.3) is 0 Å². The van der Waals surface area contributed by atoms with Crippen molar-refractivity contribution in [3.8, 4) is 0 Å². The second kappa shape index (κ2) is 7.93. The van der Waals surface area contributed by atoms with Gasteiger partial charge in [0.25, 0.3) is 0 Å². The molecule has 0 aliphatic heterocycles. The van der Waals surface area contributed by atoms with Crippen LogP contribution in [0.3, 0.4) is 0 Å². The van der Waals surface area contributed by atoms with Gasteiger partial charge in [-0.3, -0.25) is 0 Å². The molecule has 0 fully saturated rings. The van der Waals surface area contributed by atoms with E-state index in [0.717, 1.165) is 19.3 Å². The molecule has 1 unspecified atom stereocenters. The smallest absolute Gasteiger partial charge is 0.242 e. The second-order valence-corrected chi connectivity index (χ2v) is 7.61. The van der Waals surface area contributed by atoms with Crippen LogP contribution in [0.1, 0.15) is 40.0 Å². The Balaban J connectivity index is 2.70. The van der Waals surface area contributed by atoms with E-state index in [2.05, 4.69) is 29.0 Å². The molecule has 6 nitrogen and oxygen atoms in total. The number of pyridine rings is 1. The van der Waals surface area contributed by atoms with E-state index in [-0.39, 0.29) is 21.8 Å². The first-order valence-corrected chi connectivity index (χ1v) is 8.77. The van der Waals surface area contributed by atoms with Gasteiger partial charge in [0.1, 0.15) is 4.90 Å². The van der Waals surface area contributed by atoms with Crippen molar-refractivity contribution in [2.45, 2.75) is 51.0 Å². The monoisotopic (exact) mass is 334 g/mol. The molecule has 0 saturated heterocycles. The molecule has 0 bridgehead atoms. The zero-order chi connectivity index (χ0) is 16.0. The van der Waals surface area contributed by atoms with Crippen molar-refractivity contribution in [2.75, 3.05) is 5.43 Å². The van der Waals surface area contributed by atoms with Gasteiger partial charge in [-0.1, -0.05) is 38.3 Å². The van der Waals surface area contributed by atoms with E-state index < -0.39 is 10.0 Å². The van der Waals surface area contributed by atoms with Gasteiger partial charge in [-0.2, -0.15) is 0 Å². The molecule has 0 amide bonds. The van der Waals surface area contributed by atoms with Crippen LogP contribution in [-0.4, -0.2) is 19.4 Å². The second-order valence-electron chi connectivity index (χ2n) is 5.49. The number of nitrogens with one attached hydrogen (secondary N) is 2. The topological polar surface area (TPSA) is 97.1 Å². The molecule has 0 spiro atoms. The van der Waals surface area contributed by atoms with E-state index in [9.17, 15) is 8.42 Å². The SMILES string of the molecule is CC(C)CCCC(C)NS(=O)(=O)c1cnc(NN)c(Cl)c1. The van der Waals surface area contributed by atoms with Crippen molar-refractivity contribution in [3.63, 3.8) is 0 Å². The molecule has 0 aliphatic rings. The maximum Gasteiger partial charge on any atom is 0.242 e. The minimum atomic E-state index is -3.62. The average molecular weight is 335 g/mol. The highest BCUT2D eigenvalue weighted by Crippen LogP contribution is 2.22. The minimum Gasteiger partial charge on any atom is -0.307 e. The van der Waals surface area contributed by atoms with Crippen molar-refractivity contribution in [1.82, 2.24) is 9.71 Å². The van der Waals surface area contributed by atoms with Crippen LogP contribution in [0.5, 0.6) is 0 Å². The molecule has 120 valence electrons. The zero-order valence-corrected chi connectivity index (χ0v) is 14.1. The highest BCUT2D eigenvalue weighted by Gasteiger charge is 2.19. The van der Waals surface area contributed by atoms with Crippen LogP contribution < -0.4 is 16.0 Å². The number of hydrazine groups is 1. The molecule has 1 atom stereocenters. The van der Waals surface area contributed by atoms with Gasteiger partial charge in [0, 0.05) is 12.2 Å². The lowest BCUT2D eigenvalue weighted by Crippen LogP contribution is -2.32. The highest BCUT2D eigenvalue weighted by atomic mass is 35.5. The summed E-state index contributed by atoms with van der Waals surface area (Å²) in [4.78, 5) is 3.90. The fraction of sp³-hybridized carbons (Fsp3) is 0.615. The van der Waals surface area contributed by atoms with Gasteiger partial charge >= 0.3 is 0 Å². The van der Waals surface area contributed by atoms with Gasteiger partial charge in [0.15, 0.2) is 5.82 Å². The molecule has 0 aromatic carbocycles. The number of anilines is 1. The molecule has 0 radical (unpaired) electrons. The summed E-state index contributed by atoms with van der Waals surface area (Å²) in [6.45, 7) is 6.15. The highest BCUT2D eigenvalue weighted by molar-refractivity contribution is 7.89. The lowest BCUT2D eigenvalue weighted by Gasteiger charge is -2.15. The fourth-order valence-electron chi connectivity index (χ4n) is 1.90. The number of halogens is 1. The Kier molecular flexibility index (Phi) is 6.86. The van der Waals surface area contributed by atoms with Gasteiger partial charge in [-0.15, -0.1) is 0 Å². The van der Waals surface area contributed by atoms with Gasteiger partial charge in [-0.05, 0) is 25.3 Å². The van der Waals surface area contributed by atoms with E-state index in [1.807, 2.05) is 6.92 Å². The molecule has 1 rings (SSSR count). The van der Waals surface area contributed by atoms with E-state index in [4.69, 9.17) is 17.4 Å². The summed E-state index contributed by atoms with van der Waals surface area (Å²) >= 11 is 5.89. The maximum atomic E-state index is 12.2. The summed E-state index contributed by atoms with van der Waals surface area (Å²) in [7, 11) is -3.62. The Morgan fingerprint density at radius 2 is 2.00 bits per heavy atom. The minimum absolute atomic E-state index is 0.0298. The third kappa shape index (κ3) is 5.78. The summed E-state index contributed by atoms with van der Waals surface area (Å²) in [5.74, 6) is 6.06. The normalized spacial score (nSPS) is 13.4. The van der Waals surface area contributed by atoms with Crippen molar-refractivity contribution in [3.05, 3.63) is 17.3 Å². The summed E-state index contributed by atoms with van der Waals surface area (Å²) in [6.07, 6.45) is 4.08. The molecule has 0 saturated carbocycles. The molecule has 21 heavy (non-hydrogen) atoms. The Bertz CT molecular complexity index is 563. The van der Waals surface area contributed by atoms with E-state index in [1.54, 1.807) is 0 Å². The Labute approximate surface area is 131 Å². The van der Waals surface area contributed by atoms with Crippen LogP contribution in [-0.2, 0) is 10.0 Å². The maximum absolute atomic E-state index is 12.2. The molecule has 0 aliphatic carbocycles. The number of rotatable bonds is 8. The van der Waals surface area contributed by atoms with Gasteiger partial charge in [-0.25, -0.2) is 24.0 Å². The number of aromatic nitrogens is 1. The van der Waals surface area contributed by atoms with Crippen molar-refractivity contribution in [1.29, 1.82) is 0 Å². The Hall–Kier alpha value is -0.890. The number of hydrogen-bond acceptors (Lipinski definition) is 5. The van der Waals surface area contributed by atoms with Crippen LogP contribution in [0.15, 0.2) is 17.2 Å². The molecule has 1 aromatic rings. The first kappa shape index (κ1) is 18.2. The molecular weight excluding hydrogens is 312 g/mol. The van der Waals surface area contributed by atoms with Gasteiger partial charge in [0.2, 0.25) is 10.0 Å². The quantitative estimate of drug-likeness (QED) is 0.501. The summed E-state index contributed by atoms with van der Waals surface area (Å²) in [5, 5.41) is 0.160. The summed E-state index contributed by atoms with van der Waals surface area (Å²) in [6, 6.07) is 1.19. The third-order valence-corrected chi connectivity index (χ3v) is 4.88. The van der Waals surface area contributed by atoms with E-state index in [0.29, 0.717) is 5.92 Å². The number of nitrogen functional groups attached to an aromatic ring is 1. The number of nitrogens with zero attached hydrogens (tertiary/aromatic N) is 1. The predicted molar refractivity (Wildman–Crippen MR) is 85.5 cm³/mol. The molecule has 1 aromatic heterocycles. The average Bonchev–Trinajstić information content (AvgIpc) is 2.37. The first-order chi connectivity index (χ1) is 9.76. The molecule has 8 heteroatoms. The summed E-state index contributed by atoms with van der Waals surface area (Å²) < 4.78 is 27.1. The zero-order valence-electron chi connectivity index (χ0n) is 12.6. The van der Waals surface area contributed by atoms with E-state index >= 15 is 0 Å². The van der Waals surface area contributed by atoms with Crippen molar-refractivity contribution < 1.29 is 8.42 Å². The fourth-order valence-corrected chi connectivity index (χ4v) is 3.43. The van der Waals surface area contributed by atoms with Crippen LogP contribution >= 0.6 is 11.6 Å². The number of nitrogens with two attached hydrogens (primary N) is 1. The number of hydrogen-bond donors (Lipinski definition) is 3. The van der Waals surface area contributed by atoms with Gasteiger partial charge < -0.3 is 5.43 Å². The van der Waals surface area contributed by atoms with Crippen molar-refractivity contribution in [2.24, 2.45) is 11.8 Å². The van der Waals surface area contributed by atoms with Crippen LogP contribution in [0, 0.1) is 5.92 Å². The Morgan fingerprint density at radius 3 is 2.52 bits per heavy atom. The van der Waals surface area contributed by atoms with Crippen molar-refractivity contribution >= 4 is 27.4 Å². The van der Waals surface area contributed by atoms with Crippen LogP contribution in [0.2, 0.25) is 5.02 Å². The number of sulfonamides is 1. The van der Waals surface area contributed by atoms with E-state index in [1.165, 1.54) is 12.3 Å². The largest absolute Gasteiger partial charge is 0.307 e.